The molecular weight excluding hydrogens is 493 g/mol. The van der Waals surface area contributed by atoms with Crippen LogP contribution in [0.3, 0.4) is 0 Å². The topological polar surface area (TPSA) is 98.2 Å². The summed E-state index contributed by atoms with van der Waals surface area (Å²) in [6.45, 7) is 0.349. The highest BCUT2D eigenvalue weighted by Gasteiger charge is 2.13. The highest BCUT2D eigenvalue weighted by molar-refractivity contribution is 6.36. The predicted molar refractivity (Wildman–Crippen MR) is 134 cm³/mol. The van der Waals surface area contributed by atoms with E-state index in [1.54, 1.807) is 67.8 Å². The van der Waals surface area contributed by atoms with Crippen LogP contribution in [0.15, 0.2) is 65.8 Å². The van der Waals surface area contributed by atoms with Crippen LogP contribution in [0, 0.1) is 0 Å². The molecular formula is C25H23Cl2N3O5. The highest BCUT2D eigenvalue weighted by Crippen LogP contribution is 2.31. The van der Waals surface area contributed by atoms with E-state index in [9.17, 15) is 9.59 Å². The van der Waals surface area contributed by atoms with E-state index in [4.69, 9.17) is 37.4 Å². The molecule has 3 aromatic carbocycles. The summed E-state index contributed by atoms with van der Waals surface area (Å²) in [6.07, 6.45) is 1.38. The lowest BCUT2D eigenvalue weighted by Gasteiger charge is -2.13. The average molecular weight is 516 g/mol. The van der Waals surface area contributed by atoms with E-state index in [0.717, 1.165) is 5.56 Å². The Morgan fingerprint density at radius 2 is 1.63 bits per heavy atom. The van der Waals surface area contributed by atoms with Gasteiger partial charge in [-0.1, -0.05) is 41.4 Å². The monoisotopic (exact) mass is 515 g/mol. The predicted octanol–water partition coefficient (Wildman–Crippen LogP) is 4.36. The third kappa shape index (κ3) is 7.37. The quantitative estimate of drug-likeness (QED) is 0.250. The molecule has 2 amide bonds. The second kappa shape index (κ2) is 12.6. The van der Waals surface area contributed by atoms with E-state index >= 15 is 0 Å². The molecule has 0 aliphatic heterocycles. The minimum Gasteiger partial charge on any atom is -0.497 e. The molecule has 0 aromatic heterocycles. The van der Waals surface area contributed by atoms with Crippen LogP contribution in [0.4, 0.5) is 0 Å². The van der Waals surface area contributed by atoms with Crippen LogP contribution in [0.25, 0.3) is 0 Å². The van der Waals surface area contributed by atoms with Crippen LogP contribution in [0.2, 0.25) is 10.0 Å². The summed E-state index contributed by atoms with van der Waals surface area (Å²) < 4.78 is 16.3. The van der Waals surface area contributed by atoms with E-state index in [1.165, 1.54) is 13.3 Å². The maximum Gasteiger partial charge on any atom is 0.329 e. The molecule has 0 radical (unpaired) electrons. The maximum absolute atomic E-state index is 12.0. The van der Waals surface area contributed by atoms with E-state index in [-0.39, 0.29) is 13.2 Å². The first-order valence-electron chi connectivity index (χ1n) is 10.4. The van der Waals surface area contributed by atoms with Crippen molar-refractivity contribution in [2.75, 3.05) is 14.2 Å². The van der Waals surface area contributed by atoms with Crippen molar-refractivity contribution in [2.24, 2.45) is 5.10 Å². The number of halogens is 2. The molecule has 8 nitrogen and oxygen atoms in total. The number of hydrogen-bond acceptors (Lipinski definition) is 6. The van der Waals surface area contributed by atoms with Crippen molar-refractivity contribution in [1.29, 1.82) is 0 Å². The van der Waals surface area contributed by atoms with Gasteiger partial charge in [0.25, 0.3) is 0 Å². The second-order valence-electron chi connectivity index (χ2n) is 7.13. The Labute approximate surface area is 212 Å². The second-order valence-corrected chi connectivity index (χ2v) is 7.94. The number of methoxy groups -OCH3 is 2. The molecule has 0 heterocycles. The van der Waals surface area contributed by atoms with Gasteiger partial charge in [0.2, 0.25) is 0 Å². The summed E-state index contributed by atoms with van der Waals surface area (Å²) in [6, 6.07) is 17.4. The zero-order chi connectivity index (χ0) is 25.2. The molecule has 0 aliphatic rings. The van der Waals surface area contributed by atoms with Gasteiger partial charge in [-0.05, 0) is 53.6 Å². The van der Waals surface area contributed by atoms with Gasteiger partial charge in [0.05, 0.1) is 20.4 Å². The van der Waals surface area contributed by atoms with Crippen molar-refractivity contribution in [3.05, 3.63) is 87.4 Å². The molecule has 182 valence electrons. The van der Waals surface area contributed by atoms with Crippen LogP contribution in [-0.4, -0.2) is 32.2 Å². The van der Waals surface area contributed by atoms with Gasteiger partial charge in [0, 0.05) is 22.2 Å². The van der Waals surface area contributed by atoms with Gasteiger partial charge in [0.1, 0.15) is 12.4 Å². The molecule has 0 unspecified atom stereocenters. The lowest BCUT2D eigenvalue weighted by atomic mass is 10.2. The Balaban J connectivity index is 1.53. The summed E-state index contributed by atoms with van der Waals surface area (Å²) in [5.74, 6) is -0.0764. The van der Waals surface area contributed by atoms with Gasteiger partial charge in [-0.25, -0.2) is 5.43 Å². The Hall–Kier alpha value is -3.75. The number of benzene rings is 3. The number of hydrazone groups is 1. The van der Waals surface area contributed by atoms with Gasteiger partial charge in [-0.2, -0.15) is 5.10 Å². The van der Waals surface area contributed by atoms with Gasteiger partial charge in [-0.3, -0.25) is 9.59 Å². The van der Waals surface area contributed by atoms with Crippen LogP contribution in [0.1, 0.15) is 16.7 Å². The first-order valence-corrected chi connectivity index (χ1v) is 11.1. The number of carbonyl (C=O) groups is 2. The number of nitrogens with one attached hydrogen (secondary N) is 2. The summed E-state index contributed by atoms with van der Waals surface area (Å²) in [5.41, 5.74) is 4.29. The number of amides is 2. The van der Waals surface area contributed by atoms with Crippen molar-refractivity contribution >= 4 is 41.2 Å². The van der Waals surface area contributed by atoms with Crippen molar-refractivity contribution < 1.29 is 23.8 Å². The Kier molecular flexibility index (Phi) is 9.34. The third-order valence-corrected chi connectivity index (χ3v) is 5.53. The molecule has 0 saturated heterocycles. The smallest absolute Gasteiger partial charge is 0.329 e. The van der Waals surface area contributed by atoms with Crippen molar-refractivity contribution in [2.45, 2.75) is 13.2 Å². The highest BCUT2D eigenvalue weighted by atomic mass is 35.5. The first kappa shape index (κ1) is 25.9. The van der Waals surface area contributed by atoms with Crippen molar-refractivity contribution in [3.63, 3.8) is 0 Å². The SMILES string of the molecule is COc1ccc(CNC(=O)C(=O)N/N=C\c2ccc(OCc3c(Cl)cccc3Cl)c(OC)c2)cc1. The molecule has 2 N–H and O–H groups in total. The number of hydrogen-bond donors (Lipinski definition) is 2. The largest absolute Gasteiger partial charge is 0.497 e. The normalized spacial score (nSPS) is 10.6. The van der Waals surface area contributed by atoms with E-state index in [2.05, 4.69) is 15.8 Å². The first-order chi connectivity index (χ1) is 16.9. The van der Waals surface area contributed by atoms with Crippen LogP contribution >= 0.6 is 23.2 Å². The van der Waals surface area contributed by atoms with Gasteiger partial charge in [0.15, 0.2) is 11.5 Å². The molecule has 0 aliphatic carbocycles. The fraction of sp³-hybridized carbons (Fsp3) is 0.160. The van der Waals surface area contributed by atoms with E-state index in [1.807, 2.05) is 0 Å². The molecule has 0 spiro atoms. The number of rotatable bonds is 9. The van der Waals surface area contributed by atoms with Crippen LogP contribution in [0.5, 0.6) is 17.2 Å². The molecule has 10 heteroatoms. The minimum atomic E-state index is -0.890. The minimum absolute atomic E-state index is 0.157. The van der Waals surface area contributed by atoms with Crippen molar-refractivity contribution in [1.82, 2.24) is 10.7 Å². The zero-order valence-electron chi connectivity index (χ0n) is 19.0. The number of ether oxygens (including phenoxy) is 3. The molecule has 3 rings (SSSR count). The third-order valence-electron chi connectivity index (χ3n) is 4.82. The Morgan fingerprint density at radius 3 is 2.29 bits per heavy atom. The Morgan fingerprint density at radius 1 is 0.914 bits per heavy atom. The average Bonchev–Trinajstić information content (AvgIpc) is 2.87. The molecule has 0 fully saturated rings. The lowest BCUT2D eigenvalue weighted by molar-refractivity contribution is -0.139. The molecule has 35 heavy (non-hydrogen) atoms. The van der Waals surface area contributed by atoms with E-state index in [0.29, 0.717) is 38.4 Å². The fourth-order valence-corrected chi connectivity index (χ4v) is 3.43. The summed E-state index contributed by atoms with van der Waals surface area (Å²) in [5, 5.41) is 7.36. The number of nitrogens with zero attached hydrogens (tertiary/aromatic N) is 1. The standard InChI is InChI=1S/C25H23Cl2N3O5/c1-33-18-9-6-16(7-10-18)13-28-24(31)25(32)30-29-14-17-8-11-22(23(12-17)34-2)35-15-19-20(26)4-3-5-21(19)27/h3-12,14H,13,15H2,1-2H3,(H,28,31)(H,30,32)/b29-14-. The fourth-order valence-electron chi connectivity index (χ4n) is 2.93. The molecule has 0 atom stereocenters. The molecule has 0 saturated carbocycles. The summed E-state index contributed by atoms with van der Waals surface area (Å²) >= 11 is 12.4. The van der Waals surface area contributed by atoms with E-state index < -0.39 is 11.8 Å². The lowest BCUT2D eigenvalue weighted by Crippen LogP contribution is -2.37. The molecule has 3 aromatic rings. The zero-order valence-corrected chi connectivity index (χ0v) is 20.5. The van der Waals surface area contributed by atoms with Gasteiger partial charge in [-0.15, -0.1) is 0 Å². The Bertz CT molecular complexity index is 1200. The number of carbonyl (C=O) groups excluding carboxylic acids is 2. The summed E-state index contributed by atoms with van der Waals surface area (Å²) in [7, 11) is 3.07. The van der Waals surface area contributed by atoms with Crippen LogP contribution < -0.4 is 25.0 Å². The van der Waals surface area contributed by atoms with Gasteiger partial charge < -0.3 is 19.5 Å². The summed E-state index contributed by atoms with van der Waals surface area (Å²) in [4.78, 5) is 24.0. The van der Waals surface area contributed by atoms with Gasteiger partial charge >= 0.3 is 11.8 Å². The van der Waals surface area contributed by atoms with Crippen molar-refractivity contribution in [3.8, 4) is 17.2 Å². The van der Waals surface area contributed by atoms with Crippen LogP contribution in [-0.2, 0) is 22.7 Å². The molecule has 0 bridgehead atoms. The maximum atomic E-state index is 12.0.